The number of carbonyl (C=O) groups excluding carboxylic acids is 1. The highest BCUT2D eigenvalue weighted by molar-refractivity contribution is 7.89. The van der Waals surface area contributed by atoms with Crippen molar-refractivity contribution < 1.29 is 31.1 Å². The Bertz CT molecular complexity index is 960. The van der Waals surface area contributed by atoms with E-state index in [0.29, 0.717) is 18.5 Å². The fourth-order valence-corrected chi connectivity index (χ4v) is 4.58. The number of hydrogen-bond donors (Lipinski definition) is 1. The number of ether oxygens (including phenoxy) is 1. The van der Waals surface area contributed by atoms with Crippen LogP contribution in [-0.4, -0.2) is 38.3 Å². The number of nitrogens with one attached hydrogen (secondary N) is 1. The highest BCUT2D eigenvalue weighted by Gasteiger charge is 2.32. The number of carbonyl (C=O) groups is 1. The third-order valence-electron chi connectivity index (χ3n) is 4.60. The van der Waals surface area contributed by atoms with E-state index in [2.05, 4.69) is 10.1 Å². The van der Waals surface area contributed by atoms with E-state index in [-0.39, 0.29) is 29.6 Å². The molecule has 0 unspecified atom stereocenters. The molecule has 1 N–H and O–H groups in total. The van der Waals surface area contributed by atoms with Gasteiger partial charge in [-0.2, -0.15) is 13.1 Å². The van der Waals surface area contributed by atoms with E-state index in [1.165, 1.54) is 34.6 Å². The first-order valence-corrected chi connectivity index (χ1v) is 10.3. The van der Waals surface area contributed by atoms with E-state index >= 15 is 0 Å². The third kappa shape index (κ3) is 5.27. The molecule has 0 spiro atoms. The second-order valence-corrected chi connectivity index (χ2v) is 8.47. The summed E-state index contributed by atoms with van der Waals surface area (Å²) in [6.07, 6.45) is 0.610. The van der Waals surface area contributed by atoms with Crippen molar-refractivity contribution >= 4 is 21.6 Å². The van der Waals surface area contributed by atoms with Gasteiger partial charge in [-0.3, -0.25) is 4.79 Å². The number of amides is 1. The molecule has 0 saturated carbocycles. The second-order valence-electron chi connectivity index (χ2n) is 6.53. The van der Waals surface area contributed by atoms with Crippen molar-refractivity contribution in [2.45, 2.75) is 24.3 Å². The van der Waals surface area contributed by atoms with Gasteiger partial charge in [0.05, 0.1) is 4.90 Å². The molecule has 3 rings (SSSR count). The smallest absolute Gasteiger partial charge is 0.387 e. The van der Waals surface area contributed by atoms with Crippen molar-refractivity contribution in [3.05, 3.63) is 54.3 Å². The SMILES string of the molecule is O=C(Nc1cccc(OC(F)F)c1)C1CCN(S(=O)(=O)c2ccc(F)cc2)CC1. The summed E-state index contributed by atoms with van der Waals surface area (Å²) in [6.45, 7) is -2.67. The van der Waals surface area contributed by atoms with Gasteiger partial charge in [-0.1, -0.05) is 6.07 Å². The number of rotatable bonds is 6. The van der Waals surface area contributed by atoms with Crippen molar-refractivity contribution in [1.82, 2.24) is 4.31 Å². The van der Waals surface area contributed by atoms with Crippen LogP contribution in [0.5, 0.6) is 5.75 Å². The van der Waals surface area contributed by atoms with Crippen LogP contribution in [0.4, 0.5) is 18.9 Å². The first-order chi connectivity index (χ1) is 13.8. The first kappa shape index (κ1) is 21.1. The zero-order valence-corrected chi connectivity index (χ0v) is 16.0. The molecule has 1 aliphatic heterocycles. The molecule has 156 valence electrons. The minimum Gasteiger partial charge on any atom is -0.435 e. The Kier molecular flexibility index (Phi) is 6.43. The third-order valence-corrected chi connectivity index (χ3v) is 6.52. The Morgan fingerprint density at radius 2 is 1.76 bits per heavy atom. The number of piperidine rings is 1. The minimum absolute atomic E-state index is 0.00218. The first-order valence-electron chi connectivity index (χ1n) is 8.87. The number of nitrogens with zero attached hydrogens (tertiary/aromatic N) is 1. The van der Waals surface area contributed by atoms with Crippen LogP contribution in [0.25, 0.3) is 0 Å². The van der Waals surface area contributed by atoms with Gasteiger partial charge in [-0.05, 0) is 49.2 Å². The van der Waals surface area contributed by atoms with Crippen LogP contribution in [-0.2, 0) is 14.8 Å². The normalized spacial score (nSPS) is 16.0. The molecule has 1 heterocycles. The minimum atomic E-state index is -3.76. The van der Waals surface area contributed by atoms with Gasteiger partial charge in [0.1, 0.15) is 11.6 Å². The van der Waals surface area contributed by atoms with Gasteiger partial charge < -0.3 is 10.1 Å². The van der Waals surface area contributed by atoms with E-state index in [1.54, 1.807) is 6.07 Å². The van der Waals surface area contributed by atoms with Gasteiger partial charge in [0.15, 0.2) is 0 Å². The predicted octanol–water partition coefficient (Wildman–Crippen LogP) is 3.47. The van der Waals surface area contributed by atoms with Crippen LogP contribution in [0.2, 0.25) is 0 Å². The number of benzene rings is 2. The lowest BCUT2D eigenvalue weighted by molar-refractivity contribution is -0.120. The van der Waals surface area contributed by atoms with Crippen molar-refractivity contribution in [1.29, 1.82) is 0 Å². The predicted molar refractivity (Wildman–Crippen MR) is 99.6 cm³/mol. The number of alkyl halides is 2. The lowest BCUT2D eigenvalue weighted by Crippen LogP contribution is -2.41. The Hall–Kier alpha value is -2.59. The summed E-state index contributed by atoms with van der Waals surface area (Å²) in [5.74, 6) is -1.34. The number of hydrogen-bond acceptors (Lipinski definition) is 4. The average molecular weight is 428 g/mol. The molecule has 0 aromatic heterocycles. The van der Waals surface area contributed by atoms with Crippen LogP contribution < -0.4 is 10.1 Å². The van der Waals surface area contributed by atoms with E-state index in [4.69, 9.17) is 0 Å². The summed E-state index contributed by atoms with van der Waals surface area (Å²) in [5.41, 5.74) is 0.314. The highest BCUT2D eigenvalue weighted by Crippen LogP contribution is 2.26. The largest absolute Gasteiger partial charge is 0.435 e. The molecule has 2 aromatic carbocycles. The number of anilines is 1. The molecule has 0 atom stereocenters. The van der Waals surface area contributed by atoms with Crippen LogP contribution >= 0.6 is 0 Å². The lowest BCUT2D eigenvalue weighted by atomic mass is 9.97. The summed E-state index contributed by atoms with van der Waals surface area (Å²) in [5, 5.41) is 2.64. The quantitative estimate of drug-likeness (QED) is 0.765. The monoisotopic (exact) mass is 428 g/mol. The summed E-state index contributed by atoms with van der Waals surface area (Å²) in [7, 11) is -3.76. The van der Waals surface area contributed by atoms with Crippen molar-refractivity contribution in [3.8, 4) is 5.75 Å². The van der Waals surface area contributed by atoms with E-state index in [1.807, 2.05) is 0 Å². The maximum Gasteiger partial charge on any atom is 0.387 e. The molecule has 29 heavy (non-hydrogen) atoms. The van der Waals surface area contributed by atoms with E-state index in [9.17, 15) is 26.4 Å². The maximum absolute atomic E-state index is 13.0. The molecule has 10 heteroatoms. The van der Waals surface area contributed by atoms with Gasteiger partial charge in [0.2, 0.25) is 15.9 Å². The van der Waals surface area contributed by atoms with E-state index in [0.717, 1.165) is 12.1 Å². The van der Waals surface area contributed by atoms with Crippen LogP contribution in [0.15, 0.2) is 53.4 Å². The van der Waals surface area contributed by atoms with Crippen molar-refractivity contribution in [2.24, 2.45) is 5.92 Å². The topological polar surface area (TPSA) is 75.7 Å². The summed E-state index contributed by atoms with van der Waals surface area (Å²) >= 11 is 0. The molecule has 0 aliphatic carbocycles. The van der Waals surface area contributed by atoms with Gasteiger partial charge in [0, 0.05) is 30.8 Å². The molecule has 2 aromatic rings. The van der Waals surface area contributed by atoms with Crippen molar-refractivity contribution in [3.63, 3.8) is 0 Å². The second kappa shape index (κ2) is 8.83. The molecule has 1 aliphatic rings. The lowest BCUT2D eigenvalue weighted by Gasteiger charge is -2.30. The molecule has 1 amide bonds. The molecule has 6 nitrogen and oxygen atoms in total. The fourth-order valence-electron chi connectivity index (χ4n) is 3.11. The fraction of sp³-hybridized carbons (Fsp3) is 0.316. The Balaban J connectivity index is 1.59. The standard InChI is InChI=1S/C19H19F3N2O4S/c20-14-4-6-17(7-5-14)29(26,27)24-10-8-13(9-11-24)18(25)23-15-2-1-3-16(12-15)28-19(21)22/h1-7,12-13,19H,8-11H2,(H,23,25). The summed E-state index contributed by atoms with van der Waals surface area (Å²) in [4.78, 5) is 12.5. The Labute approximate surface area is 166 Å². The molecule has 0 radical (unpaired) electrons. The van der Waals surface area contributed by atoms with Gasteiger partial charge in [-0.15, -0.1) is 0 Å². The van der Waals surface area contributed by atoms with Gasteiger partial charge in [-0.25, -0.2) is 12.8 Å². The molecule has 1 fully saturated rings. The average Bonchev–Trinajstić information content (AvgIpc) is 2.68. The van der Waals surface area contributed by atoms with Crippen LogP contribution in [0, 0.1) is 11.7 Å². The van der Waals surface area contributed by atoms with Gasteiger partial charge >= 0.3 is 6.61 Å². The summed E-state index contributed by atoms with van der Waals surface area (Å²) in [6, 6.07) is 10.2. The number of halogens is 3. The highest BCUT2D eigenvalue weighted by atomic mass is 32.2. The number of sulfonamides is 1. The van der Waals surface area contributed by atoms with Crippen LogP contribution in [0.3, 0.4) is 0 Å². The zero-order valence-electron chi connectivity index (χ0n) is 15.2. The molecular weight excluding hydrogens is 409 g/mol. The zero-order chi connectivity index (χ0) is 21.0. The maximum atomic E-state index is 13.0. The molecule has 0 bridgehead atoms. The Morgan fingerprint density at radius 3 is 2.38 bits per heavy atom. The van der Waals surface area contributed by atoms with Crippen molar-refractivity contribution in [2.75, 3.05) is 18.4 Å². The molecular formula is C19H19F3N2O4S. The van der Waals surface area contributed by atoms with E-state index < -0.39 is 28.4 Å². The Morgan fingerprint density at radius 1 is 1.10 bits per heavy atom. The molecule has 1 saturated heterocycles. The summed E-state index contributed by atoms with van der Waals surface area (Å²) < 4.78 is 68.4. The van der Waals surface area contributed by atoms with Gasteiger partial charge in [0.25, 0.3) is 0 Å². The van der Waals surface area contributed by atoms with Crippen LogP contribution in [0.1, 0.15) is 12.8 Å².